The molecule has 0 aromatic rings. The minimum atomic E-state index is -0.383. The van der Waals surface area contributed by atoms with E-state index in [1.165, 1.54) is 0 Å². The molecule has 0 spiro atoms. The monoisotopic (exact) mass is 260 g/mol. The third kappa shape index (κ3) is 8.86. The summed E-state index contributed by atoms with van der Waals surface area (Å²) in [5.41, 5.74) is 0. The van der Waals surface area contributed by atoms with Crippen molar-refractivity contribution in [2.45, 2.75) is 45.8 Å². The van der Waals surface area contributed by atoms with Gasteiger partial charge in [-0.3, -0.25) is 4.90 Å². The lowest BCUT2D eigenvalue weighted by atomic mass is 10.2. The van der Waals surface area contributed by atoms with Crippen LogP contribution in [0.25, 0.3) is 0 Å². The summed E-state index contributed by atoms with van der Waals surface area (Å²) >= 11 is 0. The minimum absolute atomic E-state index is 0.383. The number of aliphatic hydroxyl groups excluding tert-OH is 1. The Bertz CT molecular complexity index is 189. The number of rotatable bonds is 11. The van der Waals surface area contributed by atoms with Crippen LogP contribution >= 0.6 is 0 Å². The first kappa shape index (κ1) is 17.8. The molecule has 1 N–H and O–H groups in total. The third-order valence-electron chi connectivity index (χ3n) is 3.06. The molecule has 0 heterocycles. The molecule has 0 rings (SSSR count). The molecule has 110 valence electrons. The van der Waals surface area contributed by atoms with E-state index < -0.39 is 0 Å². The standard InChI is InChI=1S/C14H32N2O2/c1-6-8-9-18-12-14(17)11-16(7-2)13(3)10-15(4)5/h13-14,17H,6-12H2,1-5H3. The van der Waals surface area contributed by atoms with Gasteiger partial charge in [0.15, 0.2) is 0 Å². The van der Waals surface area contributed by atoms with Gasteiger partial charge in [0.05, 0.1) is 12.7 Å². The Hall–Kier alpha value is -0.160. The van der Waals surface area contributed by atoms with E-state index in [2.05, 4.69) is 44.7 Å². The van der Waals surface area contributed by atoms with Gasteiger partial charge in [0, 0.05) is 25.7 Å². The Morgan fingerprint density at radius 3 is 2.33 bits per heavy atom. The van der Waals surface area contributed by atoms with Gasteiger partial charge in [-0.15, -0.1) is 0 Å². The fourth-order valence-electron chi connectivity index (χ4n) is 2.05. The molecule has 0 fully saturated rings. The van der Waals surface area contributed by atoms with Crippen molar-refractivity contribution in [3.8, 4) is 0 Å². The zero-order valence-corrected chi connectivity index (χ0v) is 12.9. The van der Waals surface area contributed by atoms with E-state index in [0.717, 1.165) is 32.5 Å². The number of ether oxygens (including phenoxy) is 1. The minimum Gasteiger partial charge on any atom is -0.389 e. The van der Waals surface area contributed by atoms with Gasteiger partial charge in [0.1, 0.15) is 0 Å². The lowest BCUT2D eigenvalue weighted by Crippen LogP contribution is -2.44. The van der Waals surface area contributed by atoms with Crippen molar-refractivity contribution in [3.63, 3.8) is 0 Å². The zero-order valence-electron chi connectivity index (χ0n) is 12.9. The van der Waals surface area contributed by atoms with Gasteiger partial charge in [0.25, 0.3) is 0 Å². The molecule has 4 heteroatoms. The molecule has 18 heavy (non-hydrogen) atoms. The van der Waals surface area contributed by atoms with Crippen LogP contribution in [0.15, 0.2) is 0 Å². The van der Waals surface area contributed by atoms with Crippen molar-refractivity contribution in [2.24, 2.45) is 0 Å². The molecule has 0 bridgehead atoms. The summed E-state index contributed by atoms with van der Waals surface area (Å²) in [4.78, 5) is 4.48. The third-order valence-corrected chi connectivity index (χ3v) is 3.06. The molecule has 0 saturated carbocycles. The van der Waals surface area contributed by atoms with Crippen LogP contribution in [-0.4, -0.2) is 74.0 Å². The van der Waals surface area contributed by atoms with Crippen LogP contribution in [0.1, 0.15) is 33.6 Å². The van der Waals surface area contributed by atoms with E-state index in [0.29, 0.717) is 19.2 Å². The summed E-state index contributed by atoms with van der Waals surface area (Å²) < 4.78 is 5.45. The zero-order chi connectivity index (χ0) is 14.0. The highest BCUT2D eigenvalue weighted by Crippen LogP contribution is 2.02. The first-order chi connectivity index (χ1) is 8.51. The summed E-state index contributed by atoms with van der Waals surface area (Å²) in [5, 5.41) is 9.95. The Kier molecular flexibility index (Phi) is 10.6. The first-order valence-electron chi connectivity index (χ1n) is 7.15. The van der Waals surface area contributed by atoms with E-state index in [9.17, 15) is 5.11 Å². The maximum absolute atomic E-state index is 9.95. The highest BCUT2D eigenvalue weighted by Gasteiger charge is 2.16. The summed E-state index contributed by atoms with van der Waals surface area (Å²) in [6.07, 6.45) is 1.82. The molecule has 0 aliphatic carbocycles. The van der Waals surface area contributed by atoms with Gasteiger partial charge in [-0.1, -0.05) is 20.3 Å². The summed E-state index contributed by atoms with van der Waals surface area (Å²) in [7, 11) is 4.16. The molecule has 4 nitrogen and oxygen atoms in total. The molecule has 0 radical (unpaired) electrons. The second-order valence-corrected chi connectivity index (χ2v) is 5.28. The van der Waals surface area contributed by atoms with Crippen molar-refractivity contribution >= 4 is 0 Å². The van der Waals surface area contributed by atoms with Crippen molar-refractivity contribution in [1.82, 2.24) is 9.80 Å². The van der Waals surface area contributed by atoms with Crippen LogP contribution in [0.5, 0.6) is 0 Å². The smallest absolute Gasteiger partial charge is 0.0900 e. The van der Waals surface area contributed by atoms with Gasteiger partial charge >= 0.3 is 0 Å². The van der Waals surface area contributed by atoms with Gasteiger partial charge < -0.3 is 14.7 Å². The van der Waals surface area contributed by atoms with E-state index in [4.69, 9.17) is 4.74 Å². The Balaban J connectivity index is 3.88. The van der Waals surface area contributed by atoms with E-state index in [1.807, 2.05) is 0 Å². The van der Waals surface area contributed by atoms with Gasteiger partial charge in [-0.2, -0.15) is 0 Å². The van der Waals surface area contributed by atoms with Gasteiger partial charge in [-0.25, -0.2) is 0 Å². The average molecular weight is 260 g/mol. The van der Waals surface area contributed by atoms with E-state index in [-0.39, 0.29) is 6.10 Å². The SMILES string of the molecule is CCCCOCC(O)CN(CC)C(C)CN(C)C. The average Bonchev–Trinajstić information content (AvgIpc) is 2.30. The lowest BCUT2D eigenvalue weighted by molar-refractivity contribution is 0.00822. The molecule has 0 aromatic carbocycles. The van der Waals surface area contributed by atoms with E-state index >= 15 is 0 Å². The Morgan fingerprint density at radius 1 is 1.17 bits per heavy atom. The van der Waals surface area contributed by atoms with Crippen molar-refractivity contribution in [2.75, 3.05) is 46.9 Å². The van der Waals surface area contributed by atoms with Gasteiger partial charge in [0.2, 0.25) is 0 Å². The first-order valence-corrected chi connectivity index (χ1v) is 7.15. The molecule has 2 unspecified atom stereocenters. The molecule has 0 saturated heterocycles. The summed E-state index contributed by atoms with van der Waals surface area (Å²) in [6, 6.07) is 0.454. The van der Waals surface area contributed by atoms with E-state index in [1.54, 1.807) is 0 Å². The van der Waals surface area contributed by atoms with Crippen LogP contribution in [0.4, 0.5) is 0 Å². The Labute approximate surface area is 113 Å². The number of aliphatic hydroxyl groups is 1. The van der Waals surface area contributed by atoms with Crippen molar-refractivity contribution in [1.29, 1.82) is 0 Å². The molecular weight excluding hydrogens is 228 g/mol. The molecule has 0 aromatic heterocycles. The second-order valence-electron chi connectivity index (χ2n) is 5.28. The van der Waals surface area contributed by atoms with Crippen LogP contribution < -0.4 is 0 Å². The normalized spacial score (nSPS) is 15.3. The maximum atomic E-state index is 9.95. The fourth-order valence-corrected chi connectivity index (χ4v) is 2.05. The fraction of sp³-hybridized carbons (Fsp3) is 1.00. The topological polar surface area (TPSA) is 35.9 Å². The number of unbranched alkanes of at least 4 members (excludes halogenated alkanes) is 1. The predicted octanol–water partition coefficient (Wildman–Crippen LogP) is 1.44. The number of hydrogen-bond donors (Lipinski definition) is 1. The molecule has 2 atom stereocenters. The summed E-state index contributed by atoms with van der Waals surface area (Å²) in [5.74, 6) is 0. The molecule has 0 aliphatic rings. The molecular formula is C14H32N2O2. The maximum Gasteiger partial charge on any atom is 0.0900 e. The summed E-state index contributed by atoms with van der Waals surface area (Å²) in [6.45, 7) is 10.3. The predicted molar refractivity (Wildman–Crippen MR) is 77.0 cm³/mol. The highest BCUT2D eigenvalue weighted by atomic mass is 16.5. The molecule has 0 aliphatic heterocycles. The Morgan fingerprint density at radius 2 is 1.83 bits per heavy atom. The quantitative estimate of drug-likeness (QED) is 0.570. The number of likely N-dealkylation sites (N-methyl/N-ethyl adjacent to an activating group) is 2. The largest absolute Gasteiger partial charge is 0.389 e. The van der Waals surface area contributed by atoms with Crippen LogP contribution in [0.3, 0.4) is 0 Å². The number of hydrogen-bond acceptors (Lipinski definition) is 4. The highest BCUT2D eigenvalue weighted by molar-refractivity contribution is 4.71. The van der Waals surface area contributed by atoms with Crippen LogP contribution in [0, 0.1) is 0 Å². The van der Waals surface area contributed by atoms with Crippen LogP contribution in [0.2, 0.25) is 0 Å². The van der Waals surface area contributed by atoms with Crippen LogP contribution in [-0.2, 0) is 4.74 Å². The van der Waals surface area contributed by atoms with Crippen molar-refractivity contribution < 1.29 is 9.84 Å². The second kappa shape index (κ2) is 10.7. The van der Waals surface area contributed by atoms with Gasteiger partial charge in [-0.05, 0) is 34.0 Å². The van der Waals surface area contributed by atoms with Crippen molar-refractivity contribution in [3.05, 3.63) is 0 Å². The molecule has 0 amide bonds. The lowest BCUT2D eigenvalue weighted by Gasteiger charge is -2.31. The number of nitrogens with zero attached hydrogens (tertiary/aromatic N) is 2.